The third-order valence-electron chi connectivity index (χ3n) is 5.83. The molecule has 2 N–H and O–H groups in total. The zero-order valence-corrected chi connectivity index (χ0v) is 25.2. The highest BCUT2D eigenvalue weighted by atomic mass is 79.9. The van der Waals surface area contributed by atoms with Gasteiger partial charge in [0, 0.05) is 16.2 Å². The van der Waals surface area contributed by atoms with E-state index < -0.39 is 32.5 Å². The molecule has 41 heavy (non-hydrogen) atoms. The molecule has 0 unspecified atom stereocenters. The lowest BCUT2D eigenvalue weighted by atomic mass is 10.3. The number of ether oxygens (including phenoxy) is 2. The minimum Gasteiger partial charge on any atom is -0.497 e. The van der Waals surface area contributed by atoms with Crippen LogP contribution in [0.3, 0.4) is 0 Å². The molecule has 10 nitrogen and oxygen atoms in total. The SMILES string of the molecule is COc1ccc(OC)c(NS(=O)(=O)c2ccc(NC(=O)CN(c3ccc(Br)cc3)S(=O)(=O)c3ccccc3)cc2)c1. The molecule has 0 aromatic heterocycles. The van der Waals surface area contributed by atoms with E-state index in [-0.39, 0.29) is 21.2 Å². The van der Waals surface area contributed by atoms with Crippen LogP contribution in [0.15, 0.2) is 111 Å². The summed E-state index contributed by atoms with van der Waals surface area (Å²) < 4.78 is 67.5. The van der Waals surface area contributed by atoms with Gasteiger partial charge in [-0.1, -0.05) is 34.1 Å². The number of nitrogens with zero attached hydrogens (tertiary/aromatic N) is 1. The highest BCUT2D eigenvalue weighted by Crippen LogP contribution is 2.31. The lowest BCUT2D eigenvalue weighted by Gasteiger charge is -2.24. The number of carbonyl (C=O) groups is 1. The first-order chi connectivity index (χ1) is 19.5. The molecule has 0 atom stereocenters. The average Bonchev–Trinajstić information content (AvgIpc) is 2.97. The lowest BCUT2D eigenvalue weighted by Crippen LogP contribution is -2.38. The van der Waals surface area contributed by atoms with E-state index in [2.05, 4.69) is 26.0 Å². The summed E-state index contributed by atoms with van der Waals surface area (Å²) in [7, 11) is -5.21. The zero-order chi connectivity index (χ0) is 29.6. The second kappa shape index (κ2) is 12.6. The first-order valence-electron chi connectivity index (χ1n) is 12.0. The second-order valence-corrected chi connectivity index (χ2v) is 13.0. The average molecular weight is 661 g/mol. The van der Waals surface area contributed by atoms with Gasteiger partial charge in [-0.2, -0.15) is 0 Å². The van der Waals surface area contributed by atoms with E-state index in [9.17, 15) is 21.6 Å². The van der Waals surface area contributed by atoms with Crippen LogP contribution in [0, 0.1) is 0 Å². The maximum atomic E-state index is 13.4. The Morgan fingerprint density at radius 3 is 2.07 bits per heavy atom. The molecular formula is C28H26BrN3O7S2. The van der Waals surface area contributed by atoms with Gasteiger partial charge in [-0.05, 0) is 72.8 Å². The Labute approximate surface area is 247 Å². The van der Waals surface area contributed by atoms with Gasteiger partial charge in [-0.3, -0.25) is 13.8 Å². The molecule has 0 spiro atoms. The Bertz CT molecular complexity index is 1730. The van der Waals surface area contributed by atoms with E-state index in [1.54, 1.807) is 54.6 Å². The van der Waals surface area contributed by atoms with E-state index in [1.165, 1.54) is 56.7 Å². The van der Waals surface area contributed by atoms with Crippen molar-refractivity contribution in [3.05, 3.63) is 102 Å². The molecule has 0 heterocycles. The highest BCUT2D eigenvalue weighted by Gasteiger charge is 2.27. The predicted molar refractivity (Wildman–Crippen MR) is 161 cm³/mol. The third-order valence-corrected chi connectivity index (χ3v) is 9.53. The van der Waals surface area contributed by atoms with Gasteiger partial charge in [0.15, 0.2) is 0 Å². The van der Waals surface area contributed by atoms with Crippen LogP contribution in [-0.2, 0) is 24.8 Å². The minimum atomic E-state index is -4.07. The number of amides is 1. The molecular weight excluding hydrogens is 634 g/mol. The van der Waals surface area contributed by atoms with Crippen LogP contribution in [0.2, 0.25) is 0 Å². The largest absolute Gasteiger partial charge is 0.497 e. The van der Waals surface area contributed by atoms with Crippen LogP contribution >= 0.6 is 15.9 Å². The minimum absolute atomic E-state index is 0.0328. The van der Waals surface area contributed by atoms with Gasteiger partial charge >= 0.3 is 0 Å². The summed E-state index contributed by atoms with van der Waals surface area (Å²) in [5.74, 6) is 0.120. The molecule has 4 rings (SSSR count). The Balaban J connectivity index is 1.52. The number of carbonyl (C=O) groups excluding carboxylic acids is 1. The number of benzene rings is 4. The normalized spacial score (nSPS) is 11.4. The summed E-state index contributed by atoms with van der Waals surface area (Å²) in [6.07, 6.45) is 0. The van der Waals surface area contributed by atoms with Gasteiger partial charge in [0.1, 0.15) is 18.0 Å². The van der Waals surface area contributed by atoms with Gasteiger partial charge in [0.25, 0.3) is 20.0 Å². The topological polar surface area (TPSA) is 131 Å². The molecule has 0 aliphatic rings. The monoisotopic (exact) mass is 659 g/mol. The van der Waals surface area contributed by atoms with Crippen molar-refractivity contribution in [1.29, 1.82) is 0 Å². The molecule has 0 saturated heterocycles. The Hall–Kier alpha value is -4.07. The van der Waals surface area contributed by atoms with Gasteiger partial charge in [0.05, 0.1) is 35.4 Å². The molecule has 4 aromatic carbocycles. The van der Waals surface area contributed by atoms with Crippen molar-refractivity contribution in [1.82, 2.24) is 0 Å². The third kappa shape index (κ3) is 7.17. The number of halogens is 1. The van der Waals surface area contributed by atoms with Crippen LogP contribution < -0.4 is 23.8 Å². The fourth-order valence-electron chi connectivity index (χ4n) is 3.79. The van der Waals surface area contributed by atoms with Gasteiger partial charge < -0.3 is 14.8 Å². The Kier molecular flexibility index (Phi) is 9.21. The smallest absolute Gasteiger partial charge is 0.264 e. The molecule has 0 saturated carbocycles. The van der Waals surface area contributed by atoms with Crippen molar-refractivity contribution in [2.45, 2.75) is 9.79 Å². The molecule has 13 heteroatoms. The van der Waals surface area contributed by atoms with Crippen LogP contribution in [0.4, 0.5) is 17.1 Å². The number of hydrogen-bond acceptors (Lipinski definition) is 7. The van der Waals surface area contributed by atoms with Gasteiger partial charge in [-0.15, -0.1) is 0 Å². The number of sulfonamides is 2. The predicted octanol–water partition coefficient (Wildman–Crippen LogP) is 5.10. The van der Waals surface area contributed by atoms with Crippen molar-refractivity contribution < 1.29 is 31.1 Å². The van der Waals surface area contributed by atoms with Crippen LogP contribution in [0.25, 0.3) is 0 Å². The van der Waals surface area contributed by atoms with E-state index in [0.717, 1.165) is 8.78 Å². The van der Waals surface area contributed by atoms with E-state index >= 15 is 0 Å². The Morgan fingerprint density at radius 2 is 1.46 bits per heavy atom. The van der Waals surface area contributed by atoms with E-state index in [0.29, 0.717) is 17.2 Å². The fraction of sp³-hybridized carbons (Fsp3) is 0.107. The van der Waals surface area contributed by atoms with Crippen molar-refractivity contribution in [2.75, 3.05) is 35.1 Å². The number of nitrogens with one attached hydrogen (secondary N) is 2. The van der Waals surface area contributed by atoms with Gasteiger partial charge in [0.2, 0.25) is 5.91 Å². The van der Waals surface area contributed by atoms with Gasteiger partial charge in [-0.25, -0.2) is 16.8 Å². The first-order valence-corrected chi connectivity index (χ1v) is 15.7. The number of hydrogen-bond donors (Lipinski definition) is 2. The van der Waals surface area contributed by atoms with Crippen LogP contribution in [-0.4, -0.2) is 43.5 Å². The fourth-order valence-corrected chi connectivity index (χ4v) is 6.56. The van der Waals surface area contributed by atoms with E-state index in [1.807, 2.05) is 0 Å². The molecule has 1 amide bonds. The molecule has 0 aliphatic heterocycles. The quantitative estimate of drug-likeness (QED) is 0.229. The van der Waals surface area contributed by atoms with Crippen molar-refractivity contribution in [3.8, 4) is 11.5 Å². The molecule has 0 fully saturated rings. The second-order valence-electron chi connectivity index (χ2n) is 8.55. The van der Waals surface area contributed by atoms with Crippen molar-refractivity contribution in [2.24, 2.45) is 0 Å². The van der Waals surface area contributed by atoms with E-state index in [4.69, 9.17) is 9.47 Å². The first kappa shape index (κ1) is 29.9. The summed E-state index contributed by atoms with van der Waals surface area (Å²) in [5, 5.41) is 2.63. The highest BCUT2D eigenvalue weighted by molar-refractivity contribution is 9.10. The number of anilines is 3. The van der Waals surface area contributed by atoms with Crippen molar-refractivity contribution >= 4 is 58.9 Å². The molecule has 0 bridgehead atoms. The van der Waals surface area contributed by atoms with Crippen LogP contribution in [0.5, 0.6) is 11.5 Å². The Morgan fingerprint density at radius 1 is 0.805 bits per heavy atom. The zero-order valence-electron chi connectivity index (χ0n) is 21.9. The molecule has 0 aliphatic carbocycles. The summed E-state index contributed by atoms with van der Waals surface area (Å²) in [6.45, 7) is -0.518. The maximum absolute atomic E-state index is 13.4. The summed E-state index contributed by atoms with van der Waals surface area (Å²) in [6, 6.07) is 24.5. The summed E-state index contributed by atoms with van der Waals surface area (Å²) in [5.41, 5.74) is 0.769. The maximum Gasteiger partial charge on any atom is 0.264 e. The molecule has 214 valence electrons. The summed E-state index contributed by atoms with van der Waals surface area (Å²) >= 11 is 3.33. The standard InChI is InChI=1S/C28H26BrN3O7S2/c1-38-23-14-17-27(39-2)26(18-23)31-40(34,35)24-15-10-21(11-16-24)30-28(33)19-32(22-12-8-20(29)9-13-22)41(36,37)25-6-4-3-5-7-25/h3-18,31H,19H2,1-2H3,(H,30,33). The molecule has 4 aromatic rings. The molecule has 0 radical (unpaired) electrons. The lowest BCUT2D eigenvalue weighted by molar-refractivity contribution is -0.114. The van der Waals surface area contributed by atoms with Crippen LogP contribution in [0.1, 0.15) is 0 Å². The van der Waals surface area contributed by atoms with Crippen molar-refractivity contribution in [3.63, 3.8) is 0 Å². The summed E-state index contributed by atoms with van der Waals surface area (Å²) in [4.78, 5) is 13.0. The number of methoxy groups -OCH3 is 2. The number of rotatable bonds is 11.